The van der Waals surface area contributed by atoms with Crippen molar-refractivity contribution >= 4 is 0 Å². The number of nitriles is 1. The van der Waals surface area contributed by atoms with Gasteiger partial charge in [0.1, 0.15) is 11.8 Å². The molecule has 0 aromatic heterocycles. The molecule has 1 N–H and O–H groups in total. The predicted molar refractivity (Wildman–Crippen MR) is 95.5 cm³/mol. The Morgan fingerprint density at radius 2 is 1.74 bits per heavy atom. The highest BCUT2D eigenvalue weighted by atomic mass is 16.3. The highest BCUT2D eigenvalue weighted by Gasteiger charge is 2.22. The number of benzene rings is 1. The van der Waals surface area contributed by atoms with Crippen LogP contribution in [0.5, 0.6) is 5.75 Å². The van der Waals surface area contributed by atoms with Crippen molar-refractivity contribution in [1.82, 2.24) is 0 Å². The summed E-state index contributed by atoms with van der Waals surface area (Å²) in [6.07, 6.45) is 14.9. The van der Waals surface area contributed by atoms with Gasteiger partial charge in [-0.05, 0) is 55.2 Å². The molecule has 0 saturated heterocycles. The molecule has 1 saturated carbocycles. The summed E-state index contributed by atoms with van der Waals surface area (Å²) in [6, 6.07) is 7.64. The molecule has 1 aromatic rings. The van der Waals surface area contributed by atoms with Crippen molar-refractivity contribution in [1.29, 1.82) is 5.26 Å². The minimum absolute atomic E-state index is 0.105. The third-order valence-electron chi connectivity index (χ3n) is 5.43. The molecule has 2 nitrogen and oxygen atoms in total. The lowest BCUT2D eigenvalue weighted by atomic mass is 9.77. The summed E-state index contributed by atoms with van der Waals surface area (Å²) in [6.45, 7) is 2.27. The van der Waals surface area contributed by atoms with E-state index in [0.29, 0.717) is 11.5 Å². The molecule has 1 aliphatic rings. The third-order valence-corrected chi connectivity index (χ3v) is 5.43. The minimum atomic E-state index is 0.105. The SMILES string of the molecule is CCCCCCCCC1CCC(c2ccc(O)c(C#N)c2)CC1. The van der Waals surface area contributed by atoms with E-state index >= 15 is 0 Å². The van der Waals surface area contributed by atoms with Gasteiger partial charge < -0.3 is 5.11 Å². The van der Waals surface area contributed by atoms with E-state index in [1.165, 1.54) is 76.2 Å². The topological polar surface area (TPSA) is 44.0 Å². The van der Waals surface area contributed by atoms with Crippen LogP contribution in [-0.4, -0.2) is 5.11 Å². The van der Waals surface area contributed by atoms with Crippen LogP contribution >= 0.6 is 0 Å². The molecular formula is C21H31NO. The van der Waals surface area contributed by atoms with Crippen molar-refractivity contribution in [2.24, 2.45) is 5.92 Å². The first-order valence-electron chi connectivity index (χ1n) is 9.47. The Bertz CT molecular complexity index is 509. The molecule has 0 bridgehead atoms. The summed E-state index contributed by atoms with van der Waals surface area (Å²) in [5.41, 5.74) is 1.65. The number of phenols is 1. The number of phenolic OH excluding ortho intramolecular Hbond substituents is 1. The molecule has 1 aliphatic carbocycles. The van der Waals surface area contributed by atoms with Crippen molar-refractivity contribution < 1.29 is 5.11 Å². The predicted octanol–water partition coefficient (Wildman–Crippen LogP) is 6.29. The van der Waals surface area contributed by atoms with Gasteiger partial charge in [-0.2, -0.15) is 5.26 Å². The maximum Gasteiger partial charge on any atom is 0.133 e. The summed E-state index contributed by atoms with van der Waals surface area (Å²) in [4.78, 5) is 0. The van der Waals surface area contributed by atoms with Crippen LogP contribution in [0.1, 0.15) is 94.6 Å². The van der Waals surface area contributed by atoms with Gasteiger partial charge in [-0.1, -0.05) is 57.9 Å². The van der Waals surface area contributed by atoms with Crippen LogP contribution in [0.25, 0.3) is 0 Å². The third kappa shape index (κ3) is 5.57. The van der Waals surface area contributed by atoms with E-state index in [0.717, 1.165) is 5.92 Å². The Morgan fingerprint density at radius 1 is 1.04 bits per heavy atom. The van der Waals surface area contributed by atoms with Crippen LogP contribution in [-0.2, 0) is 0 Å². The van der Waals surface area contributed by atoms with E-state index in [9.17, 15) is 5.11 Å². The summed E-state index contributed by atoms with van der Waals surface area (Å²) in [5.74, 6) is 1.58. The van der Waals surface area contributed by atoms with E-state index in [4.69, 9.17) is 5.26 Å². The lowest BCUT2D eigenvalue weighted by Gasteiger charge is -2.29. The summed E-state index contributed by atoms with van der Waals surface area (Å²) in [5, 5.41) is 18.7. The molecule has 0 aliphatic heterocycles. The van der Waals surface area contributed by atoms with Gasteiger partial charge in [0.05, 0.1) is 5.56 Å². The average molecular weight is 313 g/mol. The second-order valence-electron chi connectivity index (χ2n) is 7.16. The first-order valence-corrected chi connectivity index (χ1v) is 9.47. The molecule has 23 heavy (non-hydrogen) atoms. The molecule has 0 atom stereocenters. The van der Waals surface area contributed by atoms with E-state index in [2.05, 4.69) is 13.0 Å². The Hall–Kier alpha value is -1.49. The Balaban J connectivity index is 1.71. The molecule has 0 heterocycles. The number of nitrogens with zero attached hydrogens (tertiary/aromatic N) is 1. The quantitative estimate of drug-likeness (QED) is 0.573. The monoisotopic (exact) mass is 313 g/mol. The Morgan fingerprint density at radius 3 is 2.43 bits per heavy atom. The van der Waals surface area contributed by atoms with Crippen molar-refractivity contribution in [2.75, 3.05) is 0 Å². The van der Waals surface area contributed by atoms with Gasteiger partial charge in [-0.15, -0.1) is 0 Å². The van der Waals surface area contributed by atoms with Gasteiger partial charge >= 0.3 is 0 Å². The fourth-order valence-electron chi connectivity index (χ4n) is 3.89. The Kier molecular flexibility index (Phi) is 7.46. The molecule has 1 aromatic carbocycles. The lowest BCUT2D eigenvalue weighted by molar-refractivity contribution is 0.301. The van der Waals surface area contributed by atoms with Crippen molar-refractivity contribution in [3.63, 3.8) is 0 Å². The van der Waals surface area contributed by atoms with Gasteiger partial charge in [0.25, 0.3) is 0 Å². The number of hydrogen-bond acceptors (Lipinski definition) is 2. The average Bonchev–Trinajstić information content (AvgIpc) is 2.59. The van der Waals surface area contributed by atoms with Gasteiger partial charge in [0.2, 0.25) is 0 Å². The first-order chi connectivity index (χ1) is 11.2. The smallest absolute Gasteiger partial charge is 0.133 e. The van der Waals surface area contributed by atoms with Gasteiger partial charge in [0, 0.05) is 0 Å². The van der Waals surface area contributed by atoms with Gasteiger partial charge in [-0.3, -0.25) is 0 Å². The summed E-state index contributed by atoms with van der Waals surface area (Å²) < 4.78 is 0. The fourth-order valence-corrected chi connectivity index (χ4v) is 3.89. The minimum Gasteiger partial charge on any atom is -0.507 e. The van der Waals surface area contributed by atoms with Crippen molar-refractivity contribution in [3.05, 3.63) is 29.3 Å². The van der Waals surface area contributed by atoms with Crippen LogP contribution in [0.4, 0.5) is 0 Å². The molecule has 2 heteroatoms. The van der Waals surface area contributed by atoms with Crippen molar-refractivity contribution in [3.8, 4) is 11.8 Å². The molecule has 2 rings (SSSR count). The summed E-state index contributed by atoms with van der Waals surface area (Å²) in [7, 11) is 0. The zero-order chi connectivity index (χ0) is 16.5. The Labute approximate surface area is 141 Å². The molecule has 0 unspecified atom stereocenters. The molecular weight excluding hydrogens is 282 g/mol. The largest absolute Gasteiger partial charge is 0.507 e. The van der Waals surface area contributed by atoms with Crippen LogP contribution < -0.4 is 0 Å². The number of rotatable bonds is 8. The zero-order valence-electron chi connectivity index (χ0n) is 14.6. The number of hydrogen-bond donors (Lipinski definition) is 1. The van der Waals surface area contributed by atoms with E-state index in [1.54, 1.807) is 6.07 Å². The maximum atomic E-state index is 9.63. The normalized spacial score (nSPS) is 21.0. The molecule has 1 fully saturated rings. The van der Waals surface area contributed by atoms with Gasteiger partial charge in [-0.25, -0.2) is 0 Å². The van der Waals surface area contributed by atoms with Crippen molar-refractivity contribution in [2.45, 2.75) is 83.5 Å². The van der Waals surface area contributed by atoms with Crippen LogP contribution in [0.3, 0.4) is 0 Å². The molecule has 126 valence electrons. The standard InChI is InChI=1S/C21H31NO/c1-2-3-4-5-6-7-8-17-9-11-18(12-10-17)19-13-14-21(23)20(15-19)16-22/h13-15,17-18,23H,2-12H2,1H3. The van der Waals surface area contributed by atoms with E-state index in [-0.39, 0.29) is 5.75 Å². The molecule has 0 spiro atoms. The molecule has 0 radical (unpaired) electrons. The lowest BCUT2D eigenvalue weighted by Crippen LogP contribution is -2.13. The van der Waals surface area contributed by atoms with Crippen LogP contribution in [0.15, 0.2) is 18.2 Å². The van der Waals surface area contributed by atoms with Gasteiger partial charge in [0.15, 0.2) is 0 Å². The fraction of sp³-hybridized carbons (Fsp3) is 0.667. The second-order valence-corrected chi connectivity index (χ2v) is 7.16. The summed E-state index contributed by atoms with van der Waals surface area (Å²) >= 11 is 0. The highest BCUT2D eigenvalue weighted by Crippen LogP contribution is 2.38. The van der Waals surface area contributed by atoms with Crippen LogP contribution in [0, 0.1) is 17.2 Å². The first kappa shape index (κ1) is 17.9. The second kappa shape index (κ2) is 9.60. The van der Waals surface area contributed by atoms with E-state index < -0.39 is 0 Å². The van der Waals surface area contributed by atoms with Crippen LogP contribution in [0.2, 0.25) is 0 Å². The number of unbranched alkanes of at least 4 members (excludes halogenated alkanes) is 5. The number of aromatic hydroxyl groups is 1. The molecule has 0 amide bonds. The highest BCUT2D eigenvalue weighted by molar-refractivity contribution is 5.45. The van der Waals surface area contributed by atoms with E-state index in [1.807, 2.05) is 12.1 Å². The zero-order valence-corrected chi connectivity index (χ0v) is 14.6. The maximum absolute atomic E-state index is 9.63.